The third-order valence-electron chi connectivity index (χ3n) is 3.55. The van der Waals surface area contributed by atoms with Crippen molar-refractivity contribution in [3.8, 4) is 0 Å². The Balaban J connectivity index is 2.03. The van der Waals surface area contributed by atoms with E-state index in [2.05, 4.69) is 15.5 Å². The first-order valence-corrected chi connectivity index (χ1v) is 6.24. The molecule has 0 saturated carbocycles. The number of benzene rings is 1. The van der Waals surface area contributed by atoms with Crippen molar-refractivity contribution in [3.63, 3.8) is 0 Å². The summed E-state index contributed by atoms with van der Waals surface area (Å²) in [5.74, 6) is -0.583. The summed E-state index contributed by atoms with van der Waals surface area (Å²) in [6.07, 6.45) is 0.333. The van der Waals surface area contributed by atoms with E-state index >= 15 is 0 Å². The molecule has 3 N–H and O–H groups in total. The number of hydrogen-bond acceptors (Lipinski definition) is 3. The summed E-state index contributed by atoms with van der Waals surface area (Å²) < 4.78 is 0. The van der Waals surface area contributed by atoms with Crippen LogP contribution in [0, 0.1) is 6.92 Å². The van der Waals surface area contributed by atoms with Crippen molar-refractivity contribution < 1.29 is 14.7 Å². The average Bonchev–Trinajstić information content (AvgIpc) is 2.79. The normalized spacial score (nSPS) is 17.4. The van der Waals surface area contributed by atoms with Crippen molar-refractivity contribution in [1.82, 2.24) is 10.2 Å². The first kappa shape index (κ1) is 12.4. The molecule has 2 heterocycles. The van der Waals surface area contributed by atoms with E-state index in [9.17, 15) is 9.59 Å². The molecule has 1 unspecified atom stereocenters. The highest BCUT2D eigenvalue weighted by atomic mass is 16.4. The fraction of sp³-hybridized carbons (Fsp3) is 0.214. The molecule has 0 bridgehead atoms. The third kappa shape index (κ3) is 1.95. The monoisotopic (exact) mass is 271 g/mol. The van der Waals surface area contributed by atoms with Crippen LogP contribution >= 0.6 is 0 Å². The molecular formula is C14H13N3O3. The third-order valence-corrected chi connectivity index (χ3v) is 3.55. The smallest absolute Gasteiger partial charge is 0.335 e. The van der Waals surface area contributed by atoms with Crippen LogP contribution in [0.1, 0.15) is 39.5 Å². The molecule has 0 fully saturated rings. The molecule has 6 nitrogen and oxygen atoms in total. The number of rotatable bonds is 2. The summed E-state index contributed by atoms with van der Waals surface area (Å²) in [6.45, 7) is 1.90. The maximum atomic E-state index is 11.7. The zero-order chi connectivity index (χ0) is 14.3. The van der Waals surface area contributed by atoms with Crippen LogP contribution in [0.5, 0.6) is 0 Å². The minimum absolute atomic E-state index is 0.0867. The number of nitrogens with zero attached hydrogens (tertiary/aromatic N) is 1. The molecule has 3 rings (SSSR count). The van der Waals surface area contributed by atoms with E-state index in [0.717, 1.165) is 16.8 Å². The van der Waals surface area contributed by atoms with Gasteiger partial charge in [0.1, 0.15) is 0 Å². The van der Waals surface area contributed by atoms with Gasteiger partial charge in [-0.25, -0.2) is 4.79 Å². The second-order valence-electron chi connectivity index (χ2n) is 4.84. The highest BCUT2D eigenvalue weighted by Crippen LogP contribution is 2.37. The van der Waals surface area contributed by atoms with Crippen LogP contribution in [0.4, 0.5) is 5.82 Å². The predicted octanol–water partition coefficient (Wildman–Crippen LogP) is 1.89. The van der Waals surface area contributed by atoms with Crippen LogP contribution in [0.15, 0.2) is 24.3 Å². The van der Waals surface area contributed by atoms with Gasteiger partial charge in [-0.2, -0.15) is 5.10 Å². The first-order valence-electron chi connectivity index (χ1n) is 6.24. The topological polar surface area (TPSA) is 95.1 Å². The molecule has 0 spiro atoms. The Hall–Kier alpha value is -2.63. The molecule has 0 aliphatic carbocycles. The zero-order valence-corrected chi connectivity index (χ0v) is 10.8. The van der Waals surface area contributed by atoms with Gasteiger partial charge >= 0.3 is 5.97 Å². The molecule has 1 aromatic heterocycles. The Morgan fingerprint density at radius 2 is 2.05 bits per heavy atom. The number of carboxylic acids is 1. The molecule has 0 saturated heterocycles. The van der Waals surface area contributed by atoms with Crippen LogP contribution in [0.25, 0.3) is 0 Å². The van der Waals surface area contributed by atoms with Gasteiger partial charge in [0.05, 0.1) is 5.56 Å². The van der Waals surface area contributed by atoms with Crippen molar-refractivity contribution in [1.29, 1.82) is 0 Å². The number of aryl methyl sites for hydroxylation is 1. The summed E-state index contributed by atoms with van der Waals surface area (Å²) in [5.41, 5.74) is 3.02. The Labute approximate surface area is 114 Å². The Morgan fingerprint density at radius 3 is 2.70 bits per heavy atom. The first-order chi connectivity index (χ1) is 9.56. The molecular weight excluding hydrogens is 258 g/mol. The number of anilines is 1. The predicted molar refractivity (Wildman–Crippen MR) is 71.8 cm³/mol. The van der Waals surface area contributed by atoms with Gasteiger partial charge in [-0.05, 0) is 24.6 Å². The molecule has 2 aromatic rings. The van der Waals surface area contributed by atoms with Crippen LogP contribution in [-0.2, 0) is 4.79 Å². The molecule has 20 heavy (non-hydrogen) atoms. The SMILES string of the molecule is Cc1[nH]nc2c1C(c1ccc(C(=O)O)cc1)CC(=O)N2. The number of H-pyrrole nitrogens is 1. The molecule has 1 aliphatic rings. The largest absolute Gasteiger partial charge is 0.478 e. The van der Waals surface area contributed by atoms with Crippen molar-refractivity contribution >= 4 is 17.7 Å². The maximum Gasteiger partial charge on any atom is 0.335 e. The van der Waals surface area contributed by atoms with Gasteiger partial charge in [0, 0.05) is 23.6 Å². The molecule has 0 radical (unpaired) electrons. The van der Waals surface area contributed by atoms with Gasteiger partial charge in [0.15, 0.2) is 5.82 Å². The van der Waals surface area contributed by atoms with E-state index in [0.29, 0.717) is 12.2 Å². The van der Waals surface area contributed by atoms with Gasteiger partial charge in [-0.3, -0.25) is 9.89 Å². The number of aromatic nitrogens is 2. The quantitative estimate of drug-likeness (QED) is 0.777. The number of amides is 1. The number of aromatic carboxylic acids is 1. The number of hydrogen-bond donors (Lipinski definition) is 3. The second kappa shape index (κ2) is 4.48. The van der Waals surface area contributed by atoms with Crippen molar-refractivity contribution in [2.75, 3.05) is 5.32 Å². The lowest BCUT2D eigenvalue weighted by Gasteiger charge is -2.23. The average molecular weight is 271 g/mol. The van der Waals surface area contributed by atoms with Gasteiger partial charge in [-0.1, -0.05) is 12.1 Å². The standard InChI is InChI=1S/C14H13N3O3/c1-7-12-10(6-11(18)15-13(12)17-16-7)8-2-4-9(5-3-8)14(19)20/h2-5,10H,6H2,1H3,(H,19,20)(H2,15,16,17,18). The number of aromatic amines is 1. The van der Waals surface area contributed by atoms with Gasteiger partial charge in [0.25, 0.3) is 0 Å². The van der Waals surface area contributed by atoms with E-state index in [-0.39, 0.29) is 17.4 Å². The van der Waals surface area contributed by atoms with Crippen LogP contribution in [-0.4, -0.2) is 27.2 Å². The number of carbonyl (C=O) groups excluding carboxylic acids is 1. The second-order valence-corrected chi connectivity index (χ2v) is 4.84. The zero-order valence-electron chi connectivity index (χ0n) is 10.8. The van der Waals surface area contributed by atoms with E-state index in [1.807, 2.05) is 6.92 Å². The van der Waals surface area contributed by atoms with Crippen LogP contribution < -0.4 is 5.32 Å². The lowest BCUT2D eigenvalue weighted by Crippen LogP contribution is -2.23. The van der Waals surface area contributed by atoms with Crippen molar-refractivity contribution in [3.05, 3.63) is 46.6 Å². The number of carboxylic acid groups (broad SMARTS) is 1. The number of nitrogens with one attached hydrogen (secondary N) is 2. The molecule has 1 aliphatic heterocycles. The fourth-order valence-electron chi connectivity index (χ4n) is 2.57. The van der Waals surface area contributed by atoms with E-state index in [4.69, 9.17) is 5.11 Å². The Kier molecular flexibility index (Phi) is 2.78. The molecule has 6 heteroatoms. The van der Waals surface area contributed by atoms with E-state index < -0.39 is 5.97 Å². The summed E-state index contributed by atoms with van der Waals surface area (Å²) in [7, 11) is 0. The molecule has 1 aromatic carbocycles. The highest BCUT2D eigenvalue weighted by Gasteiger charge is 2.30. The summed E-state index contributed by atoms with van der Waals surface area (Å²) in [5, 5.41) is 18.6. The maximum absolute atomic E-state index is 11.7. The van der Waals surface area contributed by atoms with E-state index in [1.165, 1.54) is 0 Å². The molecule has 1 amide bonds. The molecule has 102 valence electrons. The Bertz CT molecular complexity index is 688. The number of carbonyl (C=O) groups is 2. The minimum Gasteiger partial charge on any atom is -0.478 e. The number of fused-ring (bicyclic) bond motifs is 1. The minimum atomic E-state index is -0.960. The summed E-state index contributed by atoms with van der Waals surface area (Å²) >= 11 is 0. The highest BCUT2D eigenvalue weighted by molar-refractivity contribution is 5.94. The van der Waals surface area contributed by atoms with Crippen LogP contribution in [0.2, 0.25) is 0 Å². The van der Waals surface area contributed by atoms with Gasteiger partial charge in [-0.15, -0.1) is 0 Å². The Morgan fingerprint density at radius 1 is 1.35 bits per heavy atom. The fourth-order valence-corrected chi connectivity index (χ4v) is 2.57. The van der Waals surface area contributed by atoms with Crippen LogP contribution in [0.3, 0.4) is 0 Å². The summed E-state index contributed by atoms with van der Waals surface area (Å²) in [6, 6.07) is 6.62. The molecule has 1 atom stereocenters. The van der Waals surface area contributed by atoms with Gasteiger partial charge < -0.3 is 10.4 Å². The lowest BCUT2D eigenvalue weighted by atomic mass is 9.85. The lowest BCUT2D eigenvalue weighted by molar-refractivity contribution is -0.116. The summed E-state index contributed by atoms with van der Waals surface area (Å²) in [4.78, 5) is 22.6. The van der Waals surface area contributed by atoms with Gasteiger partial charge in [0.2, 0.25) is 5.91 Å². The van der Waals surface area contributed by atoms with Crippen molar-refractivity contribution in [2.45, 2.75) is 19.3 Å². The van der Waals surface area contributed by atoms with E-state index in [1.54, 1.807) is 24.3 Å². The van der Waals surface area contributed by atoms with Crippen molar-refractivity contribution in [2.24, 2.45) is 0 Å².